The highest BCUT2D eigenvalue weighted by Gasteiger charge is 2.18. The summed E-state index contributed by atoms with van der Waals surface area (Å²) in [6, 6.07) is 0. The van der Waals surface area contributed by atoms with Gasteiger partial charge in [0.25, 0.3) is 0 Å². The summed E-state index contributed by atoms with van der Waals surface area (Å²) < 4.78 is 24.5. The van der Waals surface area contributed by atoms with E-state index in [0.717, 1.165) is 0 Å². The first kappa shape index (κ1) is 12.1. The normalized spacial score (nSPS) is 12.3. The minimum absolute atomic E-state index is 0.160. The van der Waals surface area contributed by atoms with Gasteiger partial charge in [-0.25, -0.2) is 13.4 Å². The van der Waals surface area contributed by atoms with Gasteiger partial charge in [-0.05, 0) is 13.3 Å². The number of rotatable bonds is 5. The first-order valence-corrected chi connectivity index (χ1v) is 6.38. The zero-order valence-electron chi connectivity index (χ0n) is 9.19. The van der Waals surface area contributed by atoms with Crippen LogP contribution in [0.25, 0.3) is 0 Å². The summed E-state index contributed by atoms with van der Waals surface area (Å²) >= 11 is 0. The molecule has 0 aliphatic carbocycles. The summed E-state index contributed by atoms with van der Waals surface area (Å²) in [5.74, 6) is 1.34. The summed E-state index contributed by atoms with van der Waals surface area (Å²) in [4.78, 5) is 4.05. The molecule has 0 saturated carbocycles. The maximum atomic E-state index is 11.6. The van der Waals surface area contributed by atoms with E-state index in [0.29, 0.717) is 18.1 Å². The molecule has 0 amide bonds. The Labute approximate surface area is 89.8 Å². The van der Waals surface area contributed by atoms with Gasteiger partial charge < -0.3 is 0 Å². The number of nitrogens with one attached hydrogen (secondary N) is 1. The molecule has 1 aromatic heterocycles. The van der Waals surface area contributed by atoms with Crippen LogP contribution in [0.4, 0.5) is 0 Å². The molecule has 15 heavy (non-hydrogen) atoms. The zero-order chi connectivity index (χ0) is 11.5. The third-order valence-corrected chi connectivity index (χ3v) is 3.95. The molecule has 7 heteroatoms. The Kier molecular flexibility index (Phi) is 3.81. The number of aromatic amines is 1. The van der Waals surface area contributed by atoms with Crippen LogP contribution in [0, 0.1) is 6.92 Å². The number of hydrogen-bond acceptors (Lipinski definition) is 4. The summed E-state index contributed by atoms with van der Waals surface area (Å²) in [6.07, 6.45) is 0.611. The van der Waals surface area contributed by atoms with E-state index in [1.165, 1.54) is 11.4 Å². The van der Waals surface area contributed by atoms with Gasteiger partial charge >= 0.3 is 0 Å². The fraction of sp³-hybridized carbons (Fsp3) is 0.750. The topological polar surface area (TPSA) is 79.0 Å². The van der Waals surface area contributed by atoms with Crippen molar-refractivity contribution in [1.82, 2.24) is 19.5 Å². The monoisotopic (exact) mass is 232 g/mol. The fourth-order valence-electron chi connectivity index (χ4n) is 1.17. The van der Waals surface area contributed by atoms with Crippen molar-refractivity contribution in [2.24, 2.45) is 0 Å². The SMILES string of the molecule is CCCS(=O)(=O)N(C)Cc1n[nH]c(C)n1. The fourth-order valence-corrected chi connectivity index (χ4v) is 2.31. The van der Waals surface area contributed by atoms with Crippen LogP contribution < -0.4 is 0 Å². The number of H-pyrrole nitrogens is 1. The minimum atomic E-state index is -3.16. The average Bonchev–Trinajstić information content (AvgIpc) is 2.51. The van der Waals surface area contributed by atoms with Crippen molar-refractivity contribution in [3.05, 3.63) is 11.6 Å². The smallest absolute Gasteiger partial charge is 0.214 e. The third kappa shape index (κ3) is 3.28. The van der Waals surface area contributed by atoms with Gasteiger partial charge in [0, 0.05) is 7.05 Å². The highest BCUT2D eigenvalue weighted by atomic mass is 32.2. The third-order valence-electron chi connectivity index (χ3n) is 1.94. The van der Waals surface area contributed by atoms with E-state index in [4.69, 9.17) is 0 Å². The van der Waals surface area contributed by atoms with Crippen molar-refractivity contribution < 1.29 is 8.42 Å². The van der Waals surface area contributed by atoms with Crippen LogP contribution in [0.2, 0.25) is 0 Å². The molecular weight excluding hydrogens is 216 g/mol. The molecule has 0 radical (unpaired) electrons. The summed E-state index contributed by atoms with van der Waals surface area (Å²) in [7, 11) is -1.62. The van der Waals surface area contributed by atoms with Crippen LogP contribution >= 0.6 is 0 Å². The maximum absolute atomic E-state index is 11.6. The minimum Gasteiger partial charge on any atom is -0.263 e. The van der Waals surface area contributed by atoms with Gasteiger partial charge in [-0.1, -0.05) is 6.92 Å². The summed E-state index contributed by atoms with van der Waals surface area (Å²) in [5.41, 5.74) is 0. The Morgan fingerprint density at radius 3 is 2.60 bits per heavy atom. The molecule has 0 unspecified atom stereocenters. The maximum Gasteiger partial charge on any atom is 0.214 e. The molecule has 0 bridgehead atoms. The van der Waals surface area contributed by atoms with Gasteiger partial charge in [-0.15, -0.1) is 0 Å². The highest BCUT2D eigenvalue weighted by molar-refractivity contribution is 7.89. The largest absolute Gasteiger partial charge is 0.263 e. The first-order chi connectivity index (χ1) is 6.95. The Bertz CT molecular complexity index is 412. The van der Waals surface area contributed by atoms with Crippen LogP contribution in [0.3, 0.4) is 0 Å². The van der Waals surface area contributed by atoms with Crippen LogP contribution in [0.1, 0.15) is 25.0 Å². The molecular formula is C8H16N4O2S. The molecule has 0 spiro atoms. The van der Waals surface area contributed by atoms with Gasteiger partial charge in [0.2, 0.25) is 10.0 Å². The molecule has 0 fully saturated rings. The number of nitrogens with zero attached hydrogens (tertiary/aromatic N) is 3. The molecule has 0 aromatic carbocycles. The Morgan fingerprint density at radius 2 is 2.13 bits per heavy atom. The van der Waals surface area contributed by atoms with Gasteiger partial charge in [0.05, 0.1) is 12.3 Å². The van der Waals surface area contributed by atoms with E-state index in [2.05, 4.69) is 15.2 Å². The number of aromatic nitrogens is 3. The van der Waals surface area contributed by atoms with Gasteiger partial charge in [0.15, 0.2) is 5.82 Å². The highest BCUT2D eigenvalue weighted by Crippen LogP contribution is 2.04. The van der Waals surface area contributed by atoms with E-state index in [1.54, 1.807) is 6.92 Å². The lowest BCUT2D eigenvalue weighted by Gasteiger charge is -2.14. The quantitative estimate of drug-likeness (QED) is 0.791. The van der Waals surface area contributed by atoms with Gasteiger partial charge in [-0.3, -0.25) is 5.10 Å². The Morgan fingerprint density at radius 1 is 1.47 bits per heavy atom. The summed E-state index contributed by atoms with van der Waals surface area (Å²) in [5, 5.41) is 6.56. The second kappa shape index (κ2) is 4.71. The molecule has 86 valence electrons. The number of hydrogen-bond donors (Lipinski definition) is 1. The molecule has 0 atom stereocenters. The van der Waals surface area contributed by atoms with E-state index < -0.39 is 10.0 Å². The van der Waals surface area contributed by atoms with Crippen molar-refractivity contribution in [2.75, 3.05) is 12.8 Å². The van der Waals surface area contributed by atoms with Crippen LogP contribution in [0.5, 0.6) is 0 Å². The molecule has 1 heterocycles. The molecule has 1 rings (SSSR count). The van der Waals surface area contributed by atoms with Crippen LogP contribution in [-0.2, 0) is 16.6 Å². The van der Waals surface area contributed by atoms with E-state index >= 15 is 0 Å². The second-order valence-corrected chi connectivity index (χ2v) is 5.60. The molecule has 1 aromatic rings. The molecule has 0 aliphatic rings. The van der Waals surface area contributed by atoms with E-state index in [9.17, 15) is 8.42 Å². The lowest BCUT2D eigenvalue weighted by atomic mass is 10.6. The predicted octanol–water partition coefficient (Wildman–Crippen LogP) is 0.285. The standard InChI is InChI=1S/C8H16N4O2S/c1-4-5-15(13,14)12(3)6-8-9-7(2)10-11-8/h4-6H2,1-3H3,(H,9,10,11). The first-order valence-electron chi connectivity index (χ1n) is 4.77. The zero-order valence-corrected chi connectivity index (χ0v) is 10.0. The molecule has 1 N–H and O–H groups in total. The van der Waals surface area contributed by atoms with Crippen LogP contribution in [-0.4, -0.2) is 40.7 Å². The van der Waals surface area contributed by atoms with Crippen molar-refractivity contribution in [3.63, 3.8) is 0 Å². The average molecular weight is 232 g/mol. The predicted molar refractivity (Wildman–Crippen MR) is 56.7 cm³/mol. The molecule has 0 aliphatic heterocycles. The molecule has 0 saturated heterocycles. The lowest BCUT2D eigenvalue weighted by Crippen LogP contribution is -2.29. The Hall–Kier alpha value is -0.950. The second-order valence-electron chi connectivity index (χ2n) is 3.41. The Balaban J connectivity index is 2.67. The van der Waals surface area contributed by atoms with Crippen molar-refractivity contribution >= 4 is 10.0 Å². The number of sulfonamides is 1. The van der Waals surface area contributed by atoms with E-state index in [1.807, 2.05) is 6.92 Å². The van der Waals surface area contributed by atoms with Gasteiger partial charge in [-0.2, -0.15) is 9.40 Å². The number of aryl methyl sites for hydroxylation is 1. The van der Waals surface area contributed by atoms with Crippen molar-refractivity contribution in [2.45, 2.75) is 26.8 Å². The van der Waals surface area contributed by atoms with Crippen molar-refractivity contribution in [3.8, 4) is 0 Å². The molecule has 6 nitrogen and oxygen atoms in total. The van der Waals surface area contributed by atoms with Crippen LogP contribution in [0.15, 0.2) is 0 Å². The van der Waals surface area contributed by atoms with Crippen molar-refractivity contribution in [1.29, 1.82) is 0 Å². The summed E-state index contributed by atoms with van der Waals surface area (Å²) in [6.45, 7) is 3.83. The lowest BCUT2D eigenvalue weighted by molar-refractivity contribution is 0.456. The van der Waals surface area contributed by atoms with E-state index in [-0.39, 0.29) is 12.3 Å². The van der Waals surface area contributed by atoms with Gasteiger partial charge in [0.1, 0.15) is 5.82 Å².